The van der Waals surface area contributed by atoms with Crippen LogP contribution in [0.2, 0.25) is 0 Å². The van der Waals surface area contributed by atoms with Gasteiger partial charge in [-0.25, -0.2) is 0 Å². The zero-order valence-corrected chi connectivity index (χ0v) is 21.4. The van der Waals surface area contributed by atoms with E-state index in [0.29, 0.717) is 16.1 Å². The Bertz CT molecular complexity index is 1640. The zero-order chi connectivity index (χ0) is 26.0. The lowest BCUT2D eigenvalue weighted by Gasteiger charge is -2.38. The second-order valence-electron chi connectivity index (χ2n) is 10.2. The normalized spacial score (nSPS) is 24.6. The second-order valence-corrected chi connectivity index (χ2v) is 11.1. The van der Waals surface area contributed by atoms with Gasteiger partial charge in [-0.15, -0.1) is 11.3 Å². The maximum absolute atomic E-state index is 14.6. The molecule has 1 spiro atoms. The number of amides is 1. The number of thiophene rings is 1. The molecule has 1 fully saturated rings. The molecule has 1 aromatic heterocycles. The summed E-state index contributed by atoms with van der Waals surface area (Å²) in [7, 11) is 0. The van der Waals surface area contributed by atoms with Gasteiger partial charge < -0.3 is 10.2 Å². The van der Waals surface area contributed by atoms with Crippen LogP contribution in [0.1, 0.15) is 48.3 Å². The molecule has 38 heavy (non-hydrogen) atoms. The summed E-state index contributed by atoms with van der Waals surface area (Å²) in [5.74, 6) is -1.53. The van der Waals surface area contributed by atoms with Gasteiger partial charge >= 0.3 is 0 Å². The molecule has 4 atom stereocenters. The molecule has 4 heterocycles. The van der Waals surface area contributed by atoms with E-state index < -0.39 is 23.4 Å². The molecule has 1 amide bonds. The van der Waals surface area contributed by atoms with Gasteiger partial charge in [0.1, 0.15) is 11.5 Å². The zero-order valence-electron chi connectivity index (χ0n) is 20.6. The van der Waals surface area contributed by atoms with Crippen LogP contribution in [0.25, 0.3) is 6.08 Å². The Labute approximate surface area is 224 Å². The van der Waals surface area contributed by atoms with E-state index in [-0.39, 0.29) is 17.5 Å². The Balaban J connectivity index is 1.55. The number of carbonyl (C=O) groups is 3. The van der Waals surface area contributed by atoms with Crippen molar-refractivity contribution >= 4 is 40.6 Å². The van der Waals surface area contributed by atoms with Crippen LogP contribution in [-0.4, -0.2) is 28.4 Å². The average molecular weight is 517 g/mol. The van der Waals surface area contributed by atoms with Crippen molar-refractivity contribution in [2.24, 2.45) is 5.92 Å². The molecule has 4 aromatic rings. The van der Waals surface area contributed by atoms with Crippen molar-refractivity contribution in [2.45, 2.75) is 24.4 Å². The van der Waals surface area contributed by atoms with Crippen molar-refractivity contribution in [2.75, 3.05) is 5.32 Å². The van der Waals surface area contributed by atoms with E-state index in [1.807, 2.05) is 96.2 Å². The number of para-hydroxylation sites is 1. The Morgan fingerprint density at radius 2 is 1.66 bits per heavy atom. The van der Waals surface area contributed by atoms with Crippen molar-refractivity contribution < 1.29 is 14.4 Å². The molecule has 186 valence electrons. The van der Waals surface area contributed by atoms with Gasteiger partial charge in [-0.05, 0) is 47.2 Å². The molecule has 3 aliphatic heterocycles. The largest absolute Gasteiger partial charge is 0.358 e. The first kappa shape index (κ1) is 22.9. The number of hydrogen-bond donors (Lipinski definition) is 1. The third kappa shape index (κ3) is 3.01. The van der Waals surface area contributed by atoms with Crippen molar-refractivity contribution in [1.82, 2.24) is 4.90 Å². The molecule has 0 saturated carbocycles. The van der Waals surface area contributed by atoms with E-state index in [4.69, 9.17) is 0 Å². The first-order chi connectivity index (χ1) is 18.5. The van der Waals surface area contributed by atoms with Crippen LogP contribution in [0.5, 0.6) is 0 Å². The number of aryl methyl sites for hydroxylation is 1. The highest BCUT2D eigenvalue weighted by Gasteiger charge is 2.70. The number of anilines is 1. The molecule has 7 rings (SSSR count). The quantitative estimate of drug-likeness (QED) is 0.336. The summed E-state index contributed by atoms with van der Waals surface area (Å²) in [5, 5.41) is 4.95. The molecule has 3 aliphatic rings. The Hall–Kier alpha value is -4.29. The van der Waals surface area contributed by atoms with Crippen LogP contribution in [-0.2, 0) is 10.2 Å². The lowest BCUT2D eigenvalue weighted by molar-refractivity contribution is -0.122. The first-order valence-corrected chi connectivity index (χ1v) is 13.5. The van der Waals surface area contributed by atoms with E-state index in [0.717, 1.165) is 22.3 Å². The molecule has 5 nitrogen and oxygen atoms in total. The SMILES string of the molecule is Cc1ccc(C(=O)[C@@H]2[C@H](C(=O)c3cccs3)N3C=Cc4ccccc4[C@H]3[C@]23C(=O)Nc2ccccc23)cc1. The maximum atomic E-state index is 14.6. The van der Waals surface area contributed by atoms with E-state index in [1.54, 1.807) is 18.2 Å². The number of nitrogens with zero attached hydrogens (tertiary/aromatic N) is 1. The summed E-state index contributed by atoms with van der Waals surface area (Å²) in [4.78, 5) is 45.8. The smallest absolute Gasteiger partial charge is 0.238 e. The third-order valence-corrected chi connectivity index (χ3v) is 9.11. The van der Waals surface area contributed by atoms with Crippen molar-refractivity contribution in [3.05, 3.63) is 129 Å². The highest BCUT2D eigenvalue weighted by Crippen LogP contribution is 2.62. The number of carbonyl (C=O) groups excluding carboxylic acids is 3. The number of benzene rings is 3. The summed E-state index contributed by atoms with van der Waals surface area (Å²) in [6.07, 6.45) is 3.88. The lowest BCUT2D eigenvalue weighted by atomic mass is 9.62. The molecule has 0 unspecified atom stereocenters. The van der Waals surface area contributed by atoms with Crippen LogP contribution >= 0.6 is 11.3 Å². The molecule has 0 aliphatic carbocycles. The van der Waals surface area contributed by atoms with Crippen molar-refractivity contribution in [3.63, 3.8) is 0 Å². The average Bonchev–Trinajstić information content (AvgIpc) is 3.65. The molecule has 1 N–H and O–H groups in total. The predicted molar refractivity (Wildman–Crippen MR) is 148 cm³/mol. The maximum Gasteiger partial charge on any atom is 0.238 e. The predicted octanol–water partition coefficient (Wildman–Crippen LogP) is 6.04. The monoisotopic (exact) mass is 516 g/mol. The van der Waals surface area contributed by atoms with Crippen LogP contribution in [0.15, 0.2) is 96.5 Å². The van der Waals surface area contributed by atoms with Crippen LogP contribution in [0.4, 0.5) is 5.69 Å². The van der Waals surface area contributed by atoms with E-state index in [2.05, 4.69) is 5.32 Å². The summed E-state index contributed by atoms with van der Waals surface area (Å²) >= 11 is 1.36. The van der Waals surface area contributed by atoms with E-state index >= 15 is 0 Å². The number of nitrogens with one attached hydrogen (secondary N) is 1. The van der Waals surface area contributed by atoms with Gasteiger partial charge in [0.2, 0.25) is 5.91 Å². The van der Waals surface area contributed by atoms with Crippen molar-refractivity contribution in [1.29, 1.82) is 0 Å². The highest BCUT2D eigenvalue weighted by atomic mass is 32.1. The van der Waals surface area contributed by atoms with Gasteiger partial charge in [0.05, 0.1) is 16.8 Å². The third-order valence-electron chi connectivity index (χ3n) is 8.22. The Morgan fingerprint density at radius 1 is 0.895 bits per heavy atom. The minimum Gasteiger partial charge on any atom is -0.358 e. The number of rotatable bonds is 4. The molecule has 0 bridgehead atoms. The highest BCUT2D eigenvalue weighted by molar-refractivity contribution is 7.12. The van der Waals surface area contributed by atoms with Gasteiger partial charge in [-0.2, -0.15) is 0 Å². The number of fused-ring (bicyclic) bond motifs is 6. The van der Waals surface area contributed by atoms with Crippen molar-refractivity contribution in [3.8, 4) is 0 Å². The van der Waals surface area contributed by atoms with E-state index in [1.165, 1.54) is 11.3 Å². The number of Topliss-reactive ketones (excluding diaryl/α,β-unsaturated/α-hetero) is 2. The Kier molecular flexibility index (Phi) is 5.03. The molecule has 1 saturated heterocycles. The fourth-order valence-electron chi connectivity index (χ4n) is 6.63. The second kappa shape index (κ2) is 8.36. The standard InChI is InChI=1S/C32H24N2O3S/c1-19-12-14-21(15-13-19)28(35)26-27(29(36)25-11-6-18-38-25)34-17-16-20-7-2-3-8-22(20)30(34)32(26)23-9-4-5-10-24(23)33-31(32)37/h2-18,26-27,30H,1H3,(H,33,37)/t26-,27+,30-,32+/m0/s1. The van der Waals surface area contributed by atoms with Gasteiger partial charge in [-0.3, -0.25) is 14.4 Å². The number of ketones is 2. The van der Waals surface area contributed by atoms with Crippen LogP contribution in [0, 0.1) is 12.8 Å². The van der Waals surface area contributed by atoms with Gasteiger partial charge in [0.25, 0.3) is 0 Å². The lowest BCUT2D eigenvalue weighted by Crippen LogP contribution is -2.49. The van der Waals surface area contributed by atoms with Gasteiger partial charge in [0.15, 0.2) is 11.6 Å². The summed E-state index contributed by atoms with van der Waals surface area (Å²) in [5.41, 5.74) is 3.61. The number of hydrogen-bond acceptors (Lipinski definition) is 5. The Morgan fingerprint density at radius 3 is 2.45 bits per heavy atom. The van der Waals surface area contributed by atoms with Crippen LogP contribution < -0.4 is 5.32 Å². The van der Waals surface area contributed by atoms with Gasteiger partial charge in [0, 0.05) is 17.5 Å². The molecule has 6 heteroatoms. The summed E-state index contributed by atoms with van der Waals surface area (Å²) in [6, 6.07) is 25.2. The minimum absolute atomic E-state index is 0.145. The van der Waals surface area contributed by atoms with E-state index in [9.17, 15) is 14.4 Å². The first-order valence-electron chi connectivity index (χ1n) is 12.7. The molecular formula is C32H24N2O3S. The minimum atomic E-state index is -1.29. The fraction of sp³-hybridized carbons (Fsp3) is 0.156. The summed E-state index contributed by atoms with van der Waals surface area (Å²) in [6.45, 7) is 1.97. The van der Waals surface area contributed by atoms with Crippen LogP contribution in [0.3, 0.4) is 0 Å². The van der Waals surface area contributed by atoms with Gasteiger partial charge in [-0.1, -0.05) is 78.4 Å². The molecular weight excluding hydrogens is 492 g/mol. The fourth-order valence-corrected chi connectivity index (χ4v) is 7.33. The summed E-state index contributed by atoms with van der Waals surface area (Å²) < 4.78 is 0. The molecule has 3 aromatic carbocycles. The molecule has 0 radical (unpaired) electrons. The topological polar surface area (TPSA) is 66.5 Å².